The highest BCUT2D eigenvalue weighted by atomic mass is 32.2. The summed E-state index contributed by atoms with van der Waals surface area (Å²) in [5.41, 5.74) is 1.52. The highest BCUT2D eigenvalue weighted by molar-refractivity contribution is 7.73. The van der Waals surface area contributed by atoms with Crippen molar-refractivity contribution < 1.29 is 26.5 Å². The molecule has 210 valence electrons. The fraction of sp³-hybridized carbons (Fsp3) is 0.407. The lowest BCUT2D eigenvalue weighted by atomic mass is 10.0. The van der Waals surface area contributed by atoms with E-state index in [1.807, 2.05) is 11.9 Å². The lowest BCUT2D eigenvalue weighted by Gasteiger charge is -2.33. The van der Waals surface area contributed by atoms with Gasteiger partial charge in [0.25, 0.3) is 0 Å². The van der Waals surface area contributed by atoms with Gasteiger partial charge in [0, 0.05) is 30.1 Å². The number of piperidine rings is 1. The van der Waals surface area contributed by atoms with E-state index in [0.29, 0.717) is 50.8 Å². The van der Waals surface area contributed by atoms with Gasteiger partial charge in [0.2, 0.25) is 0 Å². The third-order valence-electron chi connectivity index (χ3n) is 6.52. The number of nitrogens with one attached hydrogen (secondary N) is 3. The summed E-state index contributed by atoms with van der Waals surface area (Å²) in [5.74, 6) is 6.32. The van der Waals surface area contributed by atoms with E-state index in [1.54, 1.807) is 36.4 Å². The molecule has 0 bridgehead atoms. The summed E-state index contributed by atoms with van der Waals surface area (Å²) in [7, 11) is 1.11. The van der Waals surface area contributed by atoms with Gasteiger partial charge in [-0.05, 0) is 42.6 Å². The molecule has 1 aliphatic rings. The number of benzene rings is 2. The molecule has 1 aromatic heterocycles. The number of likely N-dealkylation sites (tertiary alicyclic amines) is 1. The number of halogens is 4. The number of hydrogen-bond acceptors (Lipinski definition) is 7. The van der Waals surface area contributed by atoms with Crippen molar-refractivity contribution in [2.75, 3.05) is 39.1 Å². The predicted molar refractivity (Wildman–Crippen MR) is 148 cm³/mol. The number of alkyl halides is 4. The number of thiol groups is 1. The van der Waals surface area contributed by atoms with Crippen LogP contribution >= 0.6 is 11.3 Å². The van der Waals surface area contributed by atoms with Crippen molar-refractivity contribution >= 4 is 37.7 Å². The molecule has 0 spiro atoms. The van der Waals surface area contributed by atoms with Gasteiger partial charge < -0.3 is 20.3 Å². The first-order valence-corrected chi connectivity index (χ1v) is 14.4. The fourth-order valence-electron chi connectivity index (χ4n) is 4.57. The van der Waals surface area contributed by atoms with E-state index in [4.69, 9.17) is 9.52 Å². The summed E-state index contributed by atoms with van der Waals surface area (Å²) >= 11 is 1.18. The van der Waals surface area contributed by atoms with Crippen molar-refractivity contribution in [2.24, 2.45) is 0 Å². The minimum atomic E-state index is -4.41. The Morgan fingerprint density at radius 2 is 2.08 bits per heavy atom. The van der Waals surface area contributed by atoms with Gasteiger partial charge >= 0.3 is 6.18 Å². The third kappa shape index (κ3) is 7.42. The van der Waals surface area contributed by atoms with E-state index in [9.17, 15) is 21.8 Å². The SMILES string of the molecule is COc1cc([SH](=N)=O)ccc1CNCC#Cc1sc2c(NC3CCN(C)C[C@H]3F)cccc2c1CC(F)(F)F. The molecule has 0 aliphatic carbocycles. The molecular weight excluding hydrogens is 552 g/mol. The van der Waals surface area contributed by atoms with Crippen LogP contribution in [0.1, 0.15) is 22.4 Å². The number of methoxy groups -OCH3 is 1. The Morgan fingerprint density at radius 1 is 1.28 bits per heavy atom. The minimum absolute atomic E-state index is 0.126. The van der Waals surface area contributed by atoms with E-state index in [2.05, 4.69) is 22.5 Å². The number of nitrogens with zero attached hydrogens (tertiary/aromatic N) is 1. The van der Waals surface area contributed by atoms with E-state index >= 15 is 0 Å². The molecule has 0 radical (unpaired) electrons. The summed E-state index contributed by atoms with van der Waals surface area (Å²) < 4.78 is 79.9. The maximum Gasteiger partial charge on any atom is 0.393 e. The highest BCUT2D eigenvalue weighted by Gasteiger charge is 2.32. The van der Waals surface area contributed by atoms with Crippen LogP contribution in [0.15, 0.2) is 41.3 Å². The van der Waals surface area contributed by atoms with Gasteiger partial charge in [-0.2, -0.15) is 13.2 Å². The number of anilines is 1. The van der Waals surface area contributed by atoms with Crippen molar-refractivity contribution in [3.8, 4) is 17.6 Å². The molecular formula is C27H30F4N4O2S2. The minimum Gasteiger partial charge on any atom is -0.496 e. The van der Waals surface area contributed by atoms with Crippen LogP contribution in [0, 0.1) is 16.6 Å². The molecule has 3 aromatic rings. The summed E-state index contributed by atoms with van der Waals surface area (Å²) in [4.78, 5) is 2.61. The molecule has 0 amide bonds. The molecule has 3 atom stereocenters. The summed E-state index contributed by atoms with van der Waals surface area (Å²) in [6.07, 6.45) is -5.99. The van der Waals surface area contributed by atoms with Crippen molar-refractivity contribution in [2.45, 2.75) is 42.7 Å². The van der Waals surface area contributed by atoms with Crippen molar-refractivity contribution in [1.82, 2.24) is 10.2 Å². The van der Waals surface area contributed by atoms with Gasteiger partial charge in [-0.3, -0.25) is 4.78 Å². The smallest absolute Gasteiger partial charge is 0.393 e. The zero-order valence-electron chi connectivity index (χ0n) is 21.5. The van der Waals surface area contributed by atoms with Gasteiger partial charge in [-0.25, -0.2) is 8.60 Å². The molecule has 12 heteroatoms. The monoisotopic (exact) mass is 582 g/mol. The van der Waals surface area contributed by atoms with E-state index in [1.165, 1.54) is 18.4 Å². The molecule has 0 saturated carbocycles. The Morgan fingerprint density at radius 3 is 2.77 bits per heavy atom. The topological polar surface area (TPSA) is 77.4 Å². The van der Waals surface area contributed by atoms with E-state index < -0.39 is 35.4 Å². The Bertz CT molecular complexity index is 1450. The number of ether oxygens (including phenoxy) is 1. The molecule has 3 N–H and O–H groups in total. The number of hydrogen-bond donors (Lipinski definition) is 4. The Balaban J connectivity index is 1.54. The van der Waals surface area contributed by atoms with Gasteiger partial charge in [0.1, 0.15) is 11.9 Å². The Hall–Kier alpha value is -2.85. The van der Waals surface area contributed by atoms with Crippen molar-refractivity contribution in [3.05, 3.63) is 52.4 Å². The number of thiophene rings is 1. The molecule has 6 nitrogen and oxygen atoms in total. The maximum absolute atomic E-state index is 14.6. The van der Waals surface area contributed by atoms with Gasteiger partial charge in [0.05, 0.1) is 52.0 Å². The van der Waals surface area contributed by atoms with Crippen LogP contribution in [0.2, 0.25) is 0 Å². The largest absolute Gasteiger partial charge is 0.496 e. The second-order valence-electron chi connectivity index (χ2n) is 9.40. The molecule has 1 aliphatic heterocycles. The first kappa shape index (κ1) is 29.1. The van der Waals surface area contributed by atoms with Crippen molar-refractivity contribution in [3.63, 3.8) is 0 Å². The molecule has 1 saturated heterocycles. The second kappa shape index (κ2) is 12.6. The first-order valence-electron chi connectivity index (χ1n) is 12.3. The van der Waals surface area contributed by atoms with Crippen LogP contribution in [0.3, 0.4) is 0 Å². The first-order chi connectivity index (χ1) is 18.6. The summed E-state index contributed by atoms with van der Waals surface area (Å²) in [6.45, 7) is 1.62. The molecule has 2 unspecified atom stereocenters. The molecule has 4 rings (SSSR count). The van der Waals surface area contributed by atoms with E-state index in [0.717, 1.165) is 12.1 Å². The van der Waals surface area contributed by atoms with Crippen LogP contribution in [-0.4, -0.2) is 61.3 Å². The van der Waals surface area contributed by atoms with Crippen LogP contribution in [0.4, 0.5) is 23.2 Å². The van der Waals surface area contributed by atoms with Crippen LogP contribution < -0.4 is 15.4 Å². The number of fused-ring (bicyclic) bond motifs is 1. The molecule has 39 heavy (non-hydrogen) atoms. The zero-order valence-corrected chi connectivity index (χ0v) is 23.2. The van der Waals surface area contributed by atoms with Gasteiger partial charge in [-0.1, -0.05) is 30.0 Å². The van der Waals surface area contributed by atoms with Gasteiger partial charge in [0.15, 0.2) is 0 Å². The third-order valence-corrected chi connectivity index (χ3v) is 8.46. The van der Waals surface area contributed by atoms with E-state index in [-0.39, 0.29) is 12.1 Å². The molecule has 2 heterocycles. The highest BCUT2D eigenvalue weighted by Crippen LogP contribution is 2.39. The predicted octanol–water partition coefficient (Wildman–Crippen LogP) is 5.21. The van der Waals surface area contributed by atoms with Crippen molar-refractivity contribution in [1.29, 1.82) is 4.78 Å². The lowest BCUT2D eigenvalue weighted by Crippen LogP contribution is -2.46. The van der Waals surface area contributed by atoms with Crippen LogP contribution in [0.5, 0.6) is 5.75 Å². The maximum atomic E-state index is 14.6. The Kier molecular flexibility index (Phi) is 9.38. The van der Waals surface area contributed by atoms with Crippen LogP contribution in [-0.2, 0) is 23.6 Å². The average molecular weight is 583 g/mol. The van der Waals surface area contributed by atoms with Gasteiger partial charge in [-0.15, -0.1) is 11.3 Å². The molecule has 1 fully saturated rings. The van der Waals surface area contributed by atoms with Crippen LogP contribution in [0.25, 0.3) is 10.1 Å². The normalized spacial score (nSPS) is 18.9. The zero-order chi connectivity index (χ0) is 28.2. The number of rotatable bonds is 8. The standard InChI is InChI=1S/C27H30F4N4O2S2/c1-35-12-10-22(21(28)16-35)34-23-6-3-5-19-20(14-27(29,30)31)25(38-26(19)23)7-4-11-33-15-17-8-9-18(39(32)36)13-24(17)37-2/h3,5-6,8-9,13,21-22,32-34,39H,10-12,14-16H2,1-2H3/t21-,22?/m1/s1. The summed E-state index contributed by atoms with van der Waals surface area (Å²) in [5, 5.41) is 6.83. The Labute approximate surface area is 230 Å². The second-order valence-corrected chi connectivity index (χ2v) is 11.5. The summed E-state index contributed by atoms with van der Waals surface area (Å²) in [6, 6.07) is 9.57. The fourth-order valence-corrected chi connectivity index (χ4v) is 6.19. The lowest BCUT2D eigenvalue weighted by molar-refractivity contribution is -0.126. The molecule has 2 aromatic carbocycles. The quantitative estimate of drug-likeness (QED) is 0.127. The average Bonchev–Trinajstić information content (AvgIpc) is 3.22.